The number of anilines is 2. The van der Waals surface area contributed by atoms with Crippen molar-refractivity contribution in [2.24, 2.45) is 5.92 Å². The standard InChI is InChI=1S/C13H20N2O2S/c1-9(8-18-3)7-15-12-10(13(16)17-2)5-4-6-11(12)14/h4-6,9,15H,7-8,14H2,1-3H3. The van der Waals surface area contributed by atoms with E-state index in [-0.39, 0.29) is 5.97 Å². The summed E-state index contributed by atoms with van der Waals surface area (Å²) in [6.07, 6.45) is 2.08. The largest absolute Gasteiger partial charge is 0.465 e. The molecule has 0 bridgehead atoms. The molecule has 5 heteroatoms. The van der Waals surface area contributed by atoms with Gasteiger partial charge in [-0.2, -0.15) is 11.8 Å². The molecule has 0 saturated heterocycles. The third kappa shape index (κ3) is 3.84. The zero-order chi connectivity index (χ0) is 13.5. The number of para-hydroxylation sites is 1. The van der Waals surface area contributed by atoms with Crippen LogP contribution in [0, 0.1) is 5.92 Å². The van der Waals surface area contributed by atoms with E-state index in [0.717, 1.165) is 12.3 Å². The van der Waals surface area contributed by atoms with Crippen molar-refractivity contribution in [3.05, 3.63) is 23.8 Å². The molecule has 0 heterocycles. The van der Waals surface area contributed by atoms with Gasteiger partial charge in [-0.3, -0.25) is 0 Å². The van der Waals surface area contributed by atoms with E-state index in [4.69, 9.17) is 10.5 Å². The Morgan fingerprint density at radius 2 is 2.28 bits per heavy atom. The molecule has 0 aromatic heterocycles. The Balaban J connectivity index is 2.83. The van der Waals surface area contributed by atoms with Gasteiger partial charge >= 0.3 is 5.97 Å². The minimum atomic E-state index is -0.373. The average Bonchev–Trinajstić information content (AvgIpc) is 2.36. The topological polar surface area (TPSA) is 64.3 Å². The summed E-state index contributed by atoms with van der Waals surface area (Å²) >= 11 is 1.80. The van der Waals surface area contributed by atoms with Gasteiger partial charge in [-0.05, 0) is 30.1 Å². The number of hydrogen-bond donors (Lipinski definition) is 2. The first-order chi connectivity index (χ1) is 8.60. The van der Waals surface area contributed by atoms with Gasteiger partial charge in [-0.1, -0.05) is 13.0 Å². The summed E-state index contributed by atoms with van der Waals surface area (Å²) in [4.78, 5) is 11.6. The number of carbonyl (C=O) groups excluding carboxylic acids is 1. The van der Waals surface area contributed by atoms with Gasteiger partial charge in [-0.15, -0.1) is 0 Å². The van der Waals surface area contributed by atoms with E-state index in [0.29, 0.717) is 22.9 Å². The molecule has 4 nitrogen and oxygen atoms in total. The molecule has 0 fully saturated rings. The molecule has 100 valence electrons. The SMILES string of the molecule is COC(=O)c1cccc(N)c1NCC(C)CSC. The van der Waals surface area contributed by atoms with Crippen LogP contribution in [-0.2, 0) is 4.74 Å². The van der Waals surface area contributed by atoms with Crippen molar-refractivity contribution in [2.45, 2.75) is 6.92 Å². The highest BCUT2D eigenvalue weighted by Crippen LogP contribution is 2.24. The fraction of sp³-hybridized carbons (Fsp3) is 0.462. The maximum atomic E-state index is 11.6. The summed E-state index contributed by atoms with van der Waals surface area (Å²) < 4.78 is 4.75. The Bertz CT molecular complexity index is 410. The normalized spacial score (nSPS) is 11.9. The van der Waals surface area contributed by atoms with E-state index in [2.05, 4.69) is 18.5 Å². The van der Waals surface area contributed by atoms with Gasteiger partial charge < -0.3 is 15.8 Å². The number of nitrogens with two attached hydrogens (primary N) is 1. The van der Waals surface area contributed by atoms with Gasteiger partial charge in [0.15, 0.2) is 0 Å². The summed E-state index contributed by atoms with van der Waals surface area (Å²) in [5.41, 5.74) is 7.61. The monoisotopic (exact) mass is 268 g/mol. The first-order valence-electron chi connectivity index (χ1n) is 5.79. The molecular formula is C13H20N2O2S. The molecule has 1 aromatic carbocycles. The second-order valence-electron chi connectivity index (χ2n) is 4.20. The van der Waals surface area contributed by atoms with E-state index in [1.807, 2.05) is 0 Å². The predicted molar refractivity (Wildman–Crippen MR) is 78.2 cm³/mol. The van der Waals surface area contributed by atoms with Crippen LogP contribution in [0.4, 0.5) is 11.4 Å². The molecule has 0 aliphatic rings. The molecule has 0 aliphatic carbocycles. The zero-order valence-electron chi connectivity index (χ0n) is 11.0. The van der Waals surface area contributed by atoms with Crippen molar-refractivity contribution < 1.29 is 9.53 Å². The minimum absolute atomic E-state index is 0.373. The molecule has 0 aliphatic heterocycles. The number of benzene rings is 1. The van der Waals surface area contributed by atoms with E-state index < -0.39 is 0 Å². The highest BCUT2D eigenvalue weighted by molar-refractivity contribution is 7.98. The highest BCUT2D eigenvalue weighted by Gasteiger charge is 2.14. The molecule has 0 saturated carbocycles. The lowest BCUT2D eigenvalue weighted by atomic mass is 10.1. The summed E-state index contributed by atoms with van der Waals surface area (Å²) in [5.74, 6) is 1.19. The van der Waals surface area contributed by atoms with Gasteiger partial charge in [-0.25, -0.2) is 4.79 Å². The van der Waals surface area contributed by atoms with Gasteiger partial charge in [0.25, 0.3) is 0 Å². The second kappa shape index (κ2) is 7.16. The first kappa shape index (κ1) is 14.7. The van der Waals surface area contributed by atoms with Crippen LogP contribution in [0.2, 0.25) is 0 Å². The maximum Gasteiger partial charge on any atom is 0.340 e. The van der Waals surface area contributed by atoms with Crippen LogP contribution in [0.3, 0.4) is 0 Å². The van der Waals surface area contributed by atoms with E-state index in [9.17, 15) is 4.79 Å². The Morgan fingerprint density at radius 1 is 1.56 bits per heavy atom. The minimum Gasteiger partial charge on any atom is -0.465 e. The summed E-state index contributed by atoms with van der Waals surface area (Å²) in [6.45, 7) is 2.93. The van der Waals surface area contributed by atoms with Crippen LogP contribution in [0.1, 0.15) is 17.3 Å². The Kier molecular flexibility index (Phi) is 5.85. The number of rotatable bonds is 6. The molecule has 0 radical (unpaired) electrons. The number of esters is 1. The maximum absolute atomic E-state index is 11.6. The van der Waals surface area contributed by atoms with Crippen molar-refractivity contribution in [1.82, 2.24) is 0 Å². The number of carbonyl (C=O) groups is 1. The Labute approximate surface area is 112 Å². The lowest BCUT2D eigenvalue weighted by Crippen LogP contribution is -2.17. The van der Waals surface area contributed by atoms with Crippen molar-refractivity contribution in [3.63, 3.8) is 0 Å². The fourth-order valence-corrected chi connectivity index (χ4v) is 2.35. The molecule has 0 spiro atoms. The third-order valence-corrected chi connectivity index (χ3v) is 3.48. The van der Waals surface area contributed by atoms with Crippen LogP contribution >= 0.6 is 11.8 Å². The molecule has 1 aromatic rings. The average molecular weight is 268 g/mol. The van der Waals surface area contributed by atoms with Gasteiger partial charge in [0, 0.05) is 6.54 Å². The van der Waals surface area contributed by atoms with Crippen molar-refractivity contribution in [1.29, 1.82) is 0 Å². The van der Waals surface area contributed by atoms with Crippen LogP contribution in [0.15, 0.2) is 18.2 Å². The summed E-state index contributed by atoms with van der Waals surface area (Å²) in [7, 11) is 1.37. The molecule has 1 atom stereocenters. The summed E-state index contributed by atoms with van der Waals surface area (Å²) in [5, 5.41) is 3.24. The summed E-state index contributed by atoms with van der Waals surface area (Å²) in [6, 6.07) is 5.23. The lowest BCUT2D eigenvalue weighted by molar-refractivity contribution is 0.0602. The lowest BCUT2D eigenvalue weighted by Gasteiger charge is -2.16. The molecular weight excluding hydrogens is 248 g/mol. The fourth-order valence-electron chi connectivity index (χ4n) is 1.67. The van der Waals surface area contributed by atoms with Gasteiger partial charge in [0.05, 0.1) is 24.0 Å². The second-order valence-corrected chi connectivity index (χ2v) is 5.11. The van der Waals surface area contributed by atoms with Crippen LogP contribution in [0.25, 0.3) is 0 Å². The number of ether oxygens (including phenoxy) is 1. The van der Waals surface area contributed by atoms with Gasteiger partial charge in [0.2, 0.25) is 0 Å². The first-order valence-corrected chi connectivity index (χ1v) is 7.19. The number of thioether (sulfide) groups is 1. The quantitative estimate of drug-likeness (QED) is 0.613. The molecule has 0 amide bonds. The number of nitrogen functional groups attached to an aromatic ring is 1. The number of nitrogens with one attached hydrogen (secondary N) is 1. The van der Waals surface area contributed by atoms with E-state index in [1.165, 1.54) is 7.11 Å². The van der Waals surface area contributed by atoms with Crippen LogP contribution in [0.5, 0.6) is 0 Å². The highest BCUT2D eigenvalue weighted by atomic mass is 32.2. The van der Waals surface area contributed by atoms with Crippen LogP contribution < -0.4 is 11.1 Å². The smallest absolute Gasteiger partial charge is 0.340 e. The van der Waals surface area contributed by atoms with Gasteiger partial charge in [0.1, 0.15) is 0 Å². The molecule has 1 rings (SSSR count). The van der Waals surface area contributed by atoms with E-state index in [1.54, 1.807) is 30.0 Å². The van der Waals surface area contributed by atoms with Crippen molar-refractivity contribution in [3.8, 4) is 0 Å². The van der Waals surface area contributed by atoms with E-state index >= 15 is 0 Å². The van der Waals surface area contributed by atoms with Crippen molar-refractivity contribution in [2.75, 3.05) is 36.7 Å². The Hall–Kier alpha value is -1.36. The number of hydrogen-bond acceptors (Lipinski definition) is 5. The molecule has 3 N–H and O–H groups in total. The number of methoxy groups -OCH3 is 1. The molecule has 18 heavy (non-hydrogen) atoms. The molecule has 1 unspecified atom stereocenters. The van der Waals surface area contributed by atoms with Crippen molar-refractivity contribution >= 4 is 29.1 Å². The predicted octanol–water partition coefficient (Wildman–Crippen LogP) is 2.47. The van der Waals surface area contributed by atoms with Crippen LogP contribution in [-0.4, -0.2) is 31.6 Å². The third-order valence-electron chi connectivity index (χ3n) is 2.58. The Morgan fingerprint density at radius 3 is 2.89 bits per heavy atom. The zero-order valence-corrected chi connectivity index (χ0v) is 11.8.